The first-order valence-electron chi connectivity index (χ1n) is 8.11. The van der Waals surface area contributed by atoms with Gasteiger partial charge in [0, 0.05) is 23.8 Å². The average molecular weight is 342 g/mol. The van der Waals surface area contributed by atoms with Crippen LogP contribution < -0.4 is 10.6 Å². The van der Waals surface area contributed by atoms with Crippen LogP contribution >= 0.6 is 11.3 Å². The number of aromatic nitrogens is 1. The van der Waals surface area contributed by atoms with Gasteiger partial charge in [0.1, 0.15) is 0 Å². The summed E-state index contributed by atoms with van der Waals surface area (Å²) in [5.41, 5.74) is 1.13. The highest BCUT2D eigenvalue weighted by Gasteiger charge is 2.20. The van der Waals surface area contributed by atoms with Crippen LogP contribution in [-0.4, -0.2) is 35.3 Å². The highest BCUT2D eigenvalue weighted by atomic mass is 32.1. The van der Waals surface area contributed by atoms with E-state index in [4.69, 9.17) is 0 Å². The molecule has 1 rings (SSSR count). The van der Waals surface area contributed by atoms with E-state index < -0.39 is 0 Å². The topological polar surface area (TPSA) is 74.2 Å². The maximum absolute atomic E-state index is 11.9. The van der Waals surface area contributed by atoms with Crippen molar-refractivity contribution in [2.24, 2.45) is 5.41 Å². The van der Waals surface area contributed by atoms with E-state index in [1.807, 2.05) is 0 Å². The Morgan fingerprint density at radius 1 is 1.30 bits per heavy atom. The van der Waals surface area contributed by atoms with E-state index in [0.29, 0.717) is 13.0 Å². The number of hydrogen-bond acceptors (Lipinski definition) is 4. The summed E-state index contributed by atoms with van der Waals surface area (Å²) < 4.78 is 0. The highest BCUT2D eigenvalue weighted by Crippen LogP contribution is 2.25. The summed E-state index contributed by atoms with van der Waals surface area (Å²) in [6.45, 7) is 13.2. The van der Waals surface area contributed by atoms with Crippen molar-refractivity contribution in [3.8, 4) is 0 Å². The molecule has 0 aromatic carbocycles. The molecule has 0 radical (unpaired) electrons. The lowest BCUT2D eigenvalue weighted by atomic mass is 9.88. The third kappa shape index (κ3) is 7.79. The molecule has 0 aliphatic heterocycles. The van der Waals surface area contributed by atoms with E-state index in [1.165, 1.54) is 0 Å². The smallest absolute Gasteiger partial charge is 0.315 e. The monoisotopic (exact) mass is 341 g/mol. The van der Waals surface area contributed by atoms with Crippen molar-refractivity contribution in [3.05, 3.63) is 16.1 Å². The average Bonchev–Trinajstić information content (AvgIpc) is 2.85. The minimum absolute atomic E-state index is 0.0499. The van der Waals surface area contributed by atoms with Crippen LogP contribution in [0.3, 0.4) is 0 Å². The van der Waals surface area contributed by atoms with Gasteiger partial charge in [0.05, 0.1) is 23.4 Å². The molecule has 1 heterocycles. The molecule has 6 heteroatoms. The molecule has 1 atom stereocenters. The Hall–Kier alpha value is -1.14. The van der Waals surface area contributed by atoms with Crippen LogP contribution in [-0.2, 0) is 11.8 Å². The lowest BCUT2D eigenvalue weighted by Crippen LogP contribution is -2.45. The Morgan fingerprint density at radius 3 is 2.43 bits per heavy atom. The molecule has 3 N–H and O–H groups in total. The maximum atomic E-state index is 11.9. The summed E-state index contributed by atoms with van der Waals surface area (Å²) in [5, 5.41) is 18.2. The van der Waals surface area contributed by atoms with E-state index in [-0.39, 0.29) is 29.5 Å². The Kier molecular flexibility index (Phi) is 7.02. The molecule has 0 fully saturated rings. The second kappa shape index (κ2) is 8.11. The first kappa shape index (κ1) is 19.9. The van der Waals surface area contributed by atoms with Crippen LogP contribution in [0.1, 0.15) is 58.7 Å². The summed E-state index contributed by atoms with van der Waals surface area (Å²) >= 11 is 1.66. The number of aliphatic hydroxyl groups excluding tert-OH is 1. The van der Waals surface area contributed by atoms with Crippen LogP contribution in [0.15, 0.2) is 5.38 Å². The Balaban J connectivity index is 2.37. The van der Waals surface area contributed by atoms with Crippen molar-refractivity contribution in [1.82, 2.24) is 15.6 Å². The van der Waals surface area contributed by atoms with Gasteiger partial charge in [-0.15, -0.1) is 11.3 Å². The van der Waals surface area contributed by atoms with Gasteiger partial charge in [0.15, 0.2) is 0 Å². The van der Waals surface area contributed by atoms with Crippen LogP contribution in [0.2, 0.25) is 0 Å². The minimum Gasteiger partial charge on any atom is -0.394 e. The van der Waals surface area contributed by atoms with Crippen molar-refractivity contribution >= 4 is 17.4 Å². The SMILES string of the molecule is CC(C)(C)CC(CO)NC(=O)NCCc1csc(C(C)(C)C)n1. The molecule has 23 heavy (non-hydrogen) atoms. The second-order valence-electron chi connectivity index (χ2n) is 8.19. The Morgan fingerprint density at radius 2 is 1.96 bits per heavy atom. The lowest BCUT2D eigenvalue weighted by Gasteiger charge is -2.25. The first-order valence-corrected chi connectivity index (χ1v) is 8.99. The predicted octanol–water partition coefficient (Wildman–Crippen LogP) is 3.08. The number of amides is 2. The molecule has 0 aliphatic rings. The quantitative estimate of drug-likeness (QED) is 0.744. The molecular weight excluding hydrogens is 310 g/mol. The van der Waals surface area contributed by atoms with Crippen LogP contribution in [0.4, 0.5) is 4.79 Å². The number of nitrogens with one attached hydrogen (secondary N) is 2. The summed E-state index contributed by atoms with van der Waals surface area (Å²) in [4.78, 5) is 16.5. The van der Waals surface area contributed by atoms with Gasteiger partial charge in [-0.3, -0.25) is 0 Å². The molecule has 5 nitrogen and oxygen atoms in total. The third-order valence-electron chi connectivity index (χ3n) is 3.27. The van der Waals surface area contributed by atoms with Gasteiger partial charge in [-0.25, -0.2) is 9.78 Å². The van der Waals surface area contributed by atoms with E-state index in [9.17, 15) is 9.90 Å². The number of hydrogen-bond donors (Lipinski definition) is 3. The van der Waals surface area contributed by atoms with E-state index in [2.05, 4.69) is 62.5 Å². The van der Waals surface area contributed by atoms with Gasteiger partial charge in [-0.05, 0) is 11.8 Å². The normalized spacial score (nSPS) is 13.7. The van der Waals surface area contributed by atoms with E-state index >= 15 is 0 Å². The summed E-state index contributed by atoms with van der Waals surface area (Å²) in [7, 11) is 0. The third-order valence-corrected chi connectivity index (χ3v) is 4.59. The highest BCUT2D eigenvalue weighted by molar-refractivity contribution is 7.09. The van der Waals surface area contributed by atoms with Crippen LogP contribution in [0, 0.1) is 5.41 Å². The van der Waals surface area contributed by atoms with Crippen molar-refractivity contribution in [2.45, 2.75) is 65.8 Å². The predicted molar refractivity (Wildman–Crippen MR) is 96.0 cm³/mol. The largest absolute Gasteiger partial charge is 0.394 e. The molecule has 132 valence electrons. The fraction of sp³-hybridized carbons (Fsp3) is 0.765. The zero-order valence-electron chi connectivity index (χ0n) is 15.2. The summed E-state index contributed by atoms with van der Waals surface area (Å²) in [6, 6.07) is -0.457. The number of thiazole rings is 1. The zero-order chi connectivity index (χ0) is 17.7. The molecular formula is C17H31N3O2S. The molecule has 0 spiro atoms. The Labute approximate surface area is 143 Å². The van der Waals surface area contributed by atoms with Crippen molar-refractivity contribution in [1.29, 1.82) is 0 Å². The van der Waals surface area contributed by atoms with Crippen molar-refractivity contribution in [2.75, 3.05) is 13.2 Å². The molecule has 0 saturated heterocycles. The summed E-state index contributed by atoms with van der Waals surface area (Å²) in [5.74, 6) is 0. The molecule has 0 aliphatic carbocycles. The van der Waals surface area contributed by atoms with Gasteiger partial charge >= 0.3 is 6.03 Å². The second-order valence-corrected chi connectivity index (χ2v) is 9.05. The lowest BCUT2D eigenvalue weighted by molar-refractivity contribution is 0.191. The molecule has 1 unspecified atom stereocenters. The number of nitrogens with zero attached hydrogens (tertiary/aromatic N) is 1. The van der Waals surface area contributed by atoms with E-state index in [0.717, 1.165) is 17.1 Å². The van der Waals surface area contributed by atoms with Gasteiger partial charge in [-0.2, -0.15) is 0 Å². The molecule has 0 saturated carbocycles. The standard InChI is InChI=1S/C17H31N3O2S/c1-16(2,3)9-13(10-21)20-15(22)18-8-7-12-11-23-14(19-12)17(4,5)6/h11,13,21H,7-10H2,1-6H3,(H2,18,20,22). The number of carbonyl (C=O) groups excluding carboxylic acids is 1. The molecule has 1 aromatic heterocycles. The number of rotatable bonds is 6. The van der Waals surface area contributed by atoms with Crippen LogP contribution in [0.5, 0.6) is 0 Å². The van der Waals surface area contributed by atoms with Crippen LogP contribution in [0.25, 0.3) is 0 Å². The Bertz CT molecular complexity index is 501. The first-order chi connectivity index (χ1) is 10.5. The summed E-state index contributed by atoms with van der Waals surface area (Å²) in [6.07, 6.45) is 1.45. The maximum Gasteiger partial charge on any atom is 0.315 e. The van der Waals surface area contributed by atoms with Crippen molar-refractivity contribution < 1.29 is 9.90 Å². The number of urea groups is 1. The zero-order valence-corrected chi connectivity index (χ0v) is 16.0. The number of aliphatic hydroxyl groups is 1. The van der Waals surface area contributed by atoms with Gasteiger partial charge in [-0.1, -0.05) is 41.5 Å². The molecule has 2 amide bonds. The van der Waals surface area contributed by atoms with Gasteiger partial charge in [0.25, 0.3) is 0 Å². The molecule has 1 aromatic rings. The number of carbonyl (C=O) groups is 1. The fourth-order valence-electron chi connectivity index (χ4n) is 2.21. The van der Waals surface area contributed by atoms with E-state index in [1.54, 1.807) is 11.3 Å². The van der Waals surface area contributed by atoms with Gasteiger partial charge < -0.3 is 15.7 Å². The van der Waals surface area contributed by atoms with Crippen molar-refractivity contribution in [3.63, 3.8) is 0 Å². The van der Waals surface area contributed by atoms with Gasteiger partial charge in [0.2, 0.25) is 0 Å². The fourth-order valence-corrected chi connectivity index (χ4v) is 3.15. The molecule has 0 bridgehead atoms. The minimum atomic E-state index is -0.237.